The topological polar surface area (TPSA) is 111 Å². The highest BCUT2D eigenvalue weighted by Crippen LogP contribution is 2.13. The van der Waals surface area contributed by atoms with Crippen LogP contribution in [0.3, 0.4) is 0 Å². The molecule has 6 heteroatoms. The Morgan fingerprint density at radius 1 is 1.41 bits per heavy atom. The maximum atomic E-state index is 10.2. The Morgan fingerprint density at radius 3 is 1.95 bits per heavy atom. The predicted octanol–water partition coefficient (Wildman–Crippen LogP) is 2.83. The number of nitrogens with zero attached hydrogens (tertiary/aromatic N) is 3. The van der Waals surface area contributed by atoms with Crippen molar-refractivity contribution in [3.05, 3.63) is 11.3 Å². The minimum absolute atomic E-state index is 0. The molecule has 0 aromatic carbocycles. The number of nitriles is 1. The van der Waals surface area contributed by atoms with E-state index in [1.807, 2.05) is 31.5 Å². The molecule has 22 heavy (non-hydrogen) atoms. The molecule has 1 heterocycles. The van der Waals surface area contributed by atoms with Crippen molar-refractivity contribution in [2.75, 3.05) is 12.3 Å². The Balaban J connectivity index is -0.000000266. The summed E-state index contributed by atoms with van der Waals surface area (Å²) in [4.78, 5) is 10.2. The normalized spacial score (nSPS) is 9.91. The number of anilines is 1. The first-order chi connectivity index (χ1) is 9.76. The third kappa shape index (κ3) is 9.94. The molecule has 0 saturated heterocycles. The SMILES string of the molecule is C.CC(=O)C(C)C#N.CCCN.CCn1nc(C)c(C)c1N. The van der Waals surface area contributed by atoms with Gasteiger partial charge in [0.2, 0.25) is 0 Å². The van der Waals surface area contributed by atoms with Gasteiger partial charge in [0.15, 0.2) is 0 Å². The van der Waals surface area contributed by atoms with Crippen molar-refractivity contribution in [3.63, 3.8) is 0 Å². The lowest BCUT2D eigenvalue weighted by molar-refractivity contribution is -0.118. The fourth-order valence-electron chi connectivity index (χ4n) is 1.02. The molecule has 0 fully saturated rings. The highest BCUT2D eigenvalue weighted by Gasteiger charge is 2.04. The number of hydrogen-bond donors (Lipinski definition) is 2. The van der Waals surface area contributed by atoms with Crippen molar-refractivity contribution in [1.29, 1.82) is 5.26 Å². The number of Topliss-reactive ketones (excluding diaryl/α,β-unsaturated/α-hetero) is 1. The molecule has 0 aliphatic carbocycles. The Hall–Kier alpha value is -1.87. The molecule has 4 N–H and O–H groups in total. The zero-order chi connectivity index (χ0) is 17.0. The first-order valence-electron chi connectivity index (χ1n) is 7.16. The van der Waals surface area contributed by atoms with Crippen LogP contribution in [0.4, 0.5) is 5.82 Å². The number of aryl methyl sites for hydroxylation is 2. The highest BCUT2D eigenvalue weighted by molar-refractivity contribution is 5.80. The molecule has 0 aliphatic rings. The zero-order valence-corrected chi connectivity index (χ0v) is 14.1. The van der Waals surface area contributed by atoms with Crippen LogP contribution in [0.1, 0.15) is 52.8 Å². The van der Waals surface area contributed by atoms with Crippen LogP contribution in [-0.4, -0.2) is 22.1 Å². The number of aromatic nitrogens is 2. The number of carbonyl (C=O) groups is 1. The van der Waals surface area contributed by atoms with E-state index in [0.717, 1.165) is 36.6 Å². The fraction of sp³-hybridized carbons (Fsp3) is 0.688. The number of nitrogens with two attached hydrogens (primary N) is 2. The first-order valence-corrected chi connectivity index (χ1v) is 7.16. The average Bonchev–Trinajstić information content (AvgIpc) is 2.74. The standard InChI is InChI=1S/C7H13N3.C5H7NO.C3H9N.CH4/c1-4-10-7(8)5(2)6(3)9-10;1-4(3-6)5(2)7;1-2-3-4;/h4,8H2,1-3H3;4H,1-2H3;2-4H2,1H3;1H4. The maximum absolute atomic E-state index is 10.2. The van der Waals surface area contributed by atoms with Crippen LogP contribution >= 0.6 is 0 Å². The van der Waals surface area contributed by atoms with E-state index in [9.17, 15) is 4.79 Å². The van der Waals surface area contributed by atoms with E-state index in [1.165, 1.54) is 6.92 Å². The van der Waals surface area contributed by atoms with E-state index < -0.39 is 5.92 Å². The monoisotopic (exact) mass is 311 g/mol. The van der Waals surface area contributed by atoms with Gasteiger partial charge in [-0.05, 0) is 47.6 Å². The van der Waals surface area contributed by atoms with Crippen LogP contribution in [0.2, 0.25) is 0 Å². The van der Waals surface area contributed by atoms with Gasteiger partial charge in [0.05, 0.1) is 11.8 Å². The van der Waals surface area contributed by atoms with Gasteiger partial charge in [0.25, 0.3) is 0 Å². The molecule has 128 valence electrons. The third-order valence-electron chi connectivity index (χ3n) is 2.87. The van der Waals surface area contributed by atoms with Gasteiger partial charge in [-0.15, -0.1) is 0 Å². The summed E-state index contributed by atoms with van der Waals surface area (Å²) >= 11 is 0. The molecule has 0 radical (unpaired) electrons. The van der Waals surface area contributed by atoms with Gasteiger partial charge >= 0.3 is 0 Å². The van der Waals surface area contributed by atoms with E-state index in [1.54, 1.807) is 6.92 Å². The molecule has 0 amide bonds. The molecule has 0 saturated carbocycles. The van der Waals surface area contributed by atoms with Crippen LogP contribution < -0.4 is 11.5 Å². The van der Waals surface area contributed by atoms with Crippen molar-refractivity contribution in [2.45, 2.75) is 61.9 Å². The maximum Gasteiger partial charge on any atom is 0.146 e. The second-order valence-electron chi connectivity index (χ2n) is 4.66. The first kappa shape index (κ1) is 25.1. The van der Waals surface area contributed by atoms with Crippen molar-refractivity contribution < 1.29 is 4.79 Å². The van der Waals surface area contributed by atoms with E-state index >= 15 is 0 Å². The van der Waals surface area contributed by atoms with Gasteiger partial charge in [-0.25, -0.2) is 4.68 Å². The Bertz CT molecular complexity index is 458. The second-order valence-corrected chi connectivity index (χ2v) is 4.66. The lowest BCUT2D eigenvalue weighted by Crippen LogP contribution is -2.02. The van der Waals surface area contributed by atoms with Crippen molar-refractivity contribution in [1.82, 2.24) is 9.78 Å². The molecule has 0 spiro atoms. The van der Waals surface area contributed by atoms with Crippen LogP contribution in [0.15, 0.2) is 0 Å². The second kappa shape index (κ2) is 14.1. The van der Waals surface area contributed by atoms with Crippen molar-refractivity contribution >= 4 is 11.6 Å². The van der Waals surface area contributed by atoms with Gasteiger partial charge in [-0.3, -0.25) is 4.79 Å². The van der Waals surface area contributed by atoms with E-state index in [2.05, 4.69) is 12.0 Å². The third-order valence-corrected chi connectivity index (χ3v) is 2.87. The number of nitrogen functional groups attached to an aromatic ring is 1. The number of rotatable bonds is 3. The minimum Gasteiger partial charge on any atom is -0.384 e. The average molecular weight is 311 g/mol. The predicted molar refractivity (Wildman–Crippen MR) is 93.3 cm³/mol. The number of hydrogen-bond acceptors (Lipinski definition) is 5. The molecular formula is C16H33N5O. The molecule has 1 rings (SSSR count). The van der Waals surface area contributed by atoms with E-state index in [0.29, 0.717) is 0 Å². The Kier molecular flexibility index (Phi) is 16.1. The van der Waals surface area contributed by atoms with Crippen LogP contribution in [0, 0.1) is 31.1 Å². The summed E-state index contributed by atoms with van der Waals surface area (Å²) in [6.45, 7) is 12.7. The van der Waals surface area contributed by atoms with Gasteiger partial charge in [-0.2, -0.15) is 10.4 Å². The summed E-state index contributed by atoms with van der Waals surface area (Å²) in [6.07, 6.45) is 1.10. The van der Waals surface area contributed by atoms with Crippen molar-refractivity contribution in [2.24, 2.45) is 11.7 Å². The molecule has 1 atom stereocenters. The largest absolute Gasteiger partial charge is 0.384 e. The van der Waals surface area contributed by atoms with Crippen molar-refractivity contribution in [3.8, 4) is 6.07 Å². The Morgan fingerprint density at radius 2 is 1.86 bits per heavy atom. The van der Waals surface area contributed by atoms with Gasteiger partial charge in [0, 0.05) is 12.1 Å². The van der Waals surface area contributed by atoms with Crippen LogP contribution in [0.25, 0.3) is 0 Å². The summed E-state index contributed by atoms with van der Waals surface area (Å²) in [5, 5.41) is 12.3. The minimum atomic E-state index is -0.431. The quantitative estimate of drug-likeness (QED) is 0.891. The summed E-state index contributed by atoms with van der Waals surface area (Å²) in [6, 6.07) is 1.81. The number of carbonyl (C=O) groups excluding carboxylic acids is 1. The molecule has 1 aromatic rings. The molecule has 0 aliphatic heterocycles. The zero-order valence-electron chi connectivity index (χ0n) is 14.1. The molecule has 0 bridgehead atoms. The molecule has 1 unspecified atom stereocenters. The smallest absolute Gasteiger partial charge is 0.146 e. The van der Waals surface area contributed by atoms with Gasteiger partial charge in [-0.1, -0.05) is 14.4 Å². The molecule has 6 nitrogen and oxygen atoms in total. The van der Waals surface area contributed by atoms with E-state index in [4.69, 9.17) is 16.7 Å². The summed E-state index contributed by atoms with van der Waals surface area (Å²) in [5.74, 6) is 0.294. The van der Waals surface area contributed by atoms with Crippen LogP contribution in [0.5, 0.6) is 0 Å². The molecular weight excluding hydrogens is 278 g/mol. The summed E-state index contributed by atoms with van der Waals surface area (Å²) in [7, 11) is 0. The fourth-order valence-corrected chi connectivity index (χ4v) is 1.02. The van der Waals surface area contributed by atoms with Crippen LogP contribution in [-0.2, 0) is 11.3 Å². The lowest BCUT2D eigenvalue weighted by Gasteiger charge is -1.96. The van der Waals surface area contributed by atoms with Gasteiger partial charge in [0.1, 0.15) is 17.5 Å². The summed E-state index contributed by atoms with van der Waals surface area (Å²) < 4.78 is 1.81. The highest BCUT2D eigenvalue weighted by atomic mass is 16.1. The van der Waals surface area contributed by atoms with Gasteiger partial charge < -0.3 is 11.5 Å². The number of ketones is 1. The molecule has 1 aromatic heterocycles. The van der Waals surface area contributed by atoms with E-state index in [-0.39, 0.29) is 13.2 Å². The lowest BCUT2D eigenvalue weighted by atomic mass is 10.1. The summed E-state index contributed by atoms with van der Waals surface area (Å²) in [5.41, 5.74) is 12.9. The Labute approximate surface area is 135 Å².